The Balaban J connectivity index is 2.56. The summed E-state index contributed by atoms with van der Waals surface area (Å²) in [4.78, 5) is 4.61. The number of nitrogens with one attached hydrogen (secondary N) is 2. The van der Waals surface area contributed by atoms with E-state index in [-0.39, 0.29) is 0 Å². The molecular weight excluding hydrogens is 250 g/mol. The van der Waals surface area contributed by atoms with Crippen LogP contribution in [-0.2, 0) is 11.3 Å². The highest BCUT2D eigenvalue weighted by Crippen LogP contribution is 2.11. The first-order valence-electron chi connectivity index (χ1n) is 7.33. The fraction of sp³-hybridized carbons (Fsp3) is 0.562. The summed E-state index contributed by atoms with van der Waals surface area (Å²) >= 11 is 0. The molecule has 1 aromatic carbocycles. The van der Waals surface area contributed by atoms with E-state index in [0.29, 0.717) is 13.2 Å². The van der Waals surface area contributed by atoms with E-state index in [2.05, 4.69) is 54.6 Å². The number of benzene rings is 1. The Morgan fingerprint density at radius 1 is 1.20 bits per heavy atom. The molecule has 0 saturated carbocycles. The molecule has 0 aliphatic heterocycles. The van der Waals surface area contributed by atoms with E-state index in [0.717, 1.165) is 25.7 Å². The quantitative estimate of drug-likeness (QED) is 0.457. The molecule has 1 aromatic rings. The fourth-order valence-corrected chi connectivity index (χ4v) is 1.92. The van der Waals surface area contributed by atoms with Crippen LogP contribution in [0.2, 0.25) is 0 Å². The van der Waals surface area contributed by atoms with E-state index in [1.54, 1.807) is 0 Å². The molecule has 20 heavy (non-hydrogen) atoms. The highest BCUT2D eigenvalue weighted by molar-refractivity contribution is 5.79. The highest BCUT2D eigenvalue weighted by atomic mass is 16.5. The Morgan fingerprint density at radius 2 is 2.00 bits per heavy atom. The number of ether oxygens (including phenoxy) is 1. The molecule has 112 valence electrons. The van der Waals surface area contributed by atoms with Crippen molar-refractivity contribution in [2.45, 2.75) is 34.2 Å². The third-order valence-corrected chi connectivity index (χ3v) is 2.99. The third-order valence-electron chi connectivity index (χ3n) is 2.99. The van der Waals surface area contributed by atoms with Crippen molar-refractivity contribution in [2.24, 2.45) is 4.99 Å². The van der Waals surface area contributed by atoms with Crippen LogP contribution in [0.4, 0.5) is 0 Å². The van der Waals surface area contributed by atoms with Crippen molar-refractivity contribution in [3.05, 3.63) is 34.9 Å². The van der Waals surface area contributed by atoms with Crippen LogP contribution in [0.5, 0.6) is 0 Å². The summed E-state index contributed by atoms with van der Waals surface area (Å²) in [5.74, 6) is 0.840. The number of hydrogen-bond donors (Lipinski definition) is 2. The van der Waals surface area contributed by atoms with Crippen LogP contribution in [0.15, 0.2) is 23.2 Å². The van der Waals surface area contributed by atoms with Gasteiger partial charge in [-0.2, -0.15) is 0 Å². The van der Waals surface area contributed by atoms with Crippen LogP contribution in [0.3, 0.4) is 0 Å². The third kappa shape index (κ3) is 6.06. The SMILES string of the molecule is CCNC(=NCc1ccc(C)cc1C)NCCOCC. The van der Waals surface area contributed by atoms with Crippen molar-refractivity contribution in [1.82, 2.24) is 10.6 Å². The van der Waals surface area contributed by atoms with Crippen molar-refractivity contribution >= 4 is 5.96 Å². The molecule has 0 aliphatic rings. The van der Waals surface area contributed by atoms with Crippen molar-refractivity contribution in [3.63, 3.8) is 0 Å². The second kappa shape index (κ2) is 9.37. The van der Waals surface area contributed by atoms with E-state index in [4.69, 9.17) is 4.74 Å². The standard InChI is InChI=1S/C16H27N3O/c1-5-17-16(18-9-10-20-6-2)19-12-15-8-7-13(3)11-14(15)4/h7-8,11H,5-6,9-10,12H2,1-4H3,(H2,17,18,19). The second-order valence-electron chi connectivity index (χ2n) is 4.75. The fourth-order valence-electron chi connectivity index (χ4n) is 1.92. The minimum absolute atomic E-state index is 0.691. The maximum Gasteiger partial charge on any atom is 0.191 e. The number of hydrogen-bond acceptors (Lipinski definition) is 2. The van der Waals surface area contributed by atoms with Gasteiger partial charge in [0.1, 0.15) is 0 Å². The van der Waals surface area contributed by atoms with Crippen LogP contribution in [0.1, 0.15) is 30.5 Å². The summed E-state index contributed by atoms with van der Waals surface area (Å²) < 4.78 is 5.31. The van der Waals surface area contributed by atoms with Crippen LogP contribution in [0.25, 0.3) is 0 Å². The van der Waals surface area contributed by atoms with Gasteiger partial charge in [0.15, 0.2) is 5.96 Å². The molecule has 0 heterocycles. The predicted octanol–water partition coefficient (Wildman–Crippen LogP) is 2.40. The molecule has 2 N–H and O–H groups in total. The number of aryl methyl sites for hydroxylation is 2. The number of nitrogens with zero attached hydrogens (tertiary/aromatic N) is 1. The molecule has 4 nitrogen and oxygen atoms in total. The van der Waals surface area contributed by atoms with E-state index < -0.39 is 0 Å². The minimum Gasteiger partial charge on any atom is -0.380 e. The predicted molar refractivity (Wildman–Crippen MR) is 85.2 cm³/mol. The van der Waals surface area contributed by atoms with Gasteiger partial charge in [0.05, 0.1) is 13.2 Å². The molecule has 4 heteroatoms. The Morgan fingerprint density at radius 3 is 2.65 bits per heavy atom. The van der Waals surface area contributed by atoms with E-state index in [9.17, 15) is 0 Å². The average Bonchev–Trinajstić information content (AvgIpc) is 2.42. The Kier molecular flexibility index (Phi) is 7.73. The van der Waals surface area contributed by atoms with Gasteiger partial charge in [-0.3, -0.25) is 0 Å². The monoisotopic (exact) mass is 277 g/mol. The Labute approximate surface area is 122 Å². The Bertz CT molecular complexity index is 430. The van der Waals surface area contributed by atoms with Gasteiger partial charge >= 0.3 is 0 Å². The topological polar surface area (TPSA) is 45.7 Å². The van der Waals surface area contributed by atoms with E-state index >= 15 is 0 Å². The zero-order valence-electron chi connectivity index (χ0n) is 13.1. The van der Waals surface area contributed by atoms with Crippen LogP contribution in [0, 0.1) is 13.8 Å². The lowest BCUT2D eigenvalue weighted by Gasteiger charge is -2.12. The summed E-state index contributed by atoms with van der Waals surface area (Å²) in [7, 11) is 0. The van der Waals surface area contributed by atoms with Crippen LogP contribution in [-0.4, -0.2) is 32.3 Å². The van der Waals surface area contributed by atoms with Crippen LogP contribution >= 0.6 is 0 Å². The van der Waals surface area contributed by atoms with E-state index in [1.807, 2.05) is 6.92 Å². The summed E-state index contributed by atoms with van der Waals surface area (Å²) in [5, 5.41) is 6.51. The first-order valence-corrected chi connectivity index (χ1v) is 7.33. The van der Waals surface area contributed by atoms with Gasteiger partial charge in [-0.25, -0.2) is 4.99 Å². The van der Waals surface area contributed by atoms with Gasteiger partial charge < -0.3 is 15.4 Å². The van der Waals surface area contributed by atoms with Gasteiger partial charge in [-0.05, 0) is 38.8 Å². The van der Waals surface area contributed by atoms with Gasteiger partial charge in [-0.15, -0.1) is 0 Å². The van der Waals surface area contributed by atoms with Crippen LogP contribution < -0.4 is 10.6 Å². The van der Waals surface area contributed by atoms with Crippen molar-refractivity contribution in [2.75, 3.05) is 26.3 Å². The first kappa shape index (κ1) is 16.5. The van der Waals surface area contributed by atoms with E-state index in [1.165, 1.54) is 16.7 Å². The molecule has 0 amide bonds. The molecule has 1 rings (SSSR count). The lowest BCUT2D eigenvalue weighted by atomic mass is 10.1. The number of aliphatic imine (C=N–C) groups is 1. The lowest BCUT2D eigenvalue weighted by molar-refractivity contribution is 0.152. The molecule has 0 aliphatic carbocycles. The summed E-state index contributed by atoms with van der Waals surface area (Å²) in [5.41, 5.74) is 3.84. The maximum atomic E-state index is 5.31. The molecule has 0 atom stereocenters. The molecule has 0 bridgehead atoms. The number of guanidine groups is 1. The van der Waals surface area contributed by atoms with Gasteiger partial charge in [0.25, 0.3) is 0 Å². The van der Waals surface area contributed by atoms with Crippen molar-refractivity contribution < 1.29 is 4.74 Å². The molecule has 0 radical (unpaired) electrons. The minimum atomic E-state index is 0.691. The highest BCUT2D eigenvalue weighted by Gasteiger charge is 2.00. The first-order chi connectivity index (χ1) is 9.67. The molecule has 0 fully saturated rings. The average molecular weight is 277 g/mol. The Hall–Kier alpha value is -1.55. The molecule has 0 saturated heterocycles. The summed E-state index contributed by atoms with van der Waals surface area (Å²) in [6.07, 6.45) is 0. The van der Waals surface area contributed by atoms with Gasteiger partial charge in [-0.1, -0.05) is 23.8 Å². The smallest absolute Gasteiger partial charge is 0.191 e. The molecule has 0 aromatic heterocycles. The molecule has 0 spiro atoms. The second-order valence-corrected chi connectivity index (χ2v) is 4.75. The number of rotatable bonds is 7. The molecule has 0 unspecified atom stereocenters. The van der Waals surface area contributed by atoms with Gasteiger partial charge in [0, 0.05) is 19.7 Å². The largest absolute Gasteiger partial charge is 0.380 e. The van der Waals surface area contributed by atoms with Crippen molar-refractivity contribution in [1.29, 1.82) is 0 Å². The zero-order chi connectivity index (χ0) is 14.8. The lowest BCUT2D eigenvalue weighted by Crippen LogP contribution is -2.39. The molecular formula is C16H27N3O. The van der Waals surface area contributed by atoms with Gasteiger partial charge in [0.2, 0.25) is 0 Å². The maximum absolute atomic E-state index is 5.31. The summed E-state index contributed by atoms with van der Waals surface area (Å²) in [6.45, 7) is 12.1. The normalized spacial score (nSPS) is 11.5. The zero-order valence-corrected chi connectivity index (χ0v) is 13.1. The van der Waals surface area contributed by atoms with Crippen molar-refractivity contribution in [3.8, 4) is 0 Å². The summed E-state index contributed by atoms with van der Waals surface area (Å²) in [6, 6.07) is 6.48.